The number of carboxylic acids is 2. The number of fused-ring (bicyclic) bond motifs is 4. The Labute approximate surface area is 340 Å². The highest BCUT2D eigenvalue weighted by molar-refractivity contribution is 5.88. The topological polar surface area (TPSA) is 170 Å². The van der Waals surface area contributed by atoms with E-state index < -0.39 is 34.7 Å². The molecule has 4 unspecified atom stereocenters. The molecule has 2 aromatic rings. The number of nitrogens with zero attached hydrogens (tertiary/aromatic N) is 2. The first-order valence-electron chi connectivity index (χ1n) is 20.5. The van der Waals surface area contributed by atoms with Gasteiger partial charge in [0.2, 0.25) is 11.5 Å². The molecule has 316 valence electrons. The zero-order valence-corrected chi connectivity index (χ0v) is 35.1. The van der Waals surface area contributed by atoms with Crippen LogP contribution in [-0.4, -0.2) is 99.5 Å². The maximum absolute atomic E-state index is 13.7. The lowest BCUT2D eigenvalue weighted by Crippen LogP contribution is -2.75. The highest BCUT2D eigenvalue weighted by Gasteiger charge is 2.71. The van der Waals surface area contributed by atoms with Crippen LogP contribution in [-0.2, 0) is 32.3 Å². The summed E-state index contributed by atoms with van der Waals surface area (Å²) in [5.41, 5.74) is -1.18. The Morgan fingerprint density at radius 2 is 0.845 bits per heavy atom. The Bertz CT molecular complexity index is 1760. The van der Waals surface area contributed by atoms with Crippen molar-refractivity contribution in [2.45, 2.75) is 115 Å². The van der Waals surface area contributed by atoms with E-state index in [9.17, 15) is 29.4 Å². The van der Waals surface area contributed by atoms with Crippen LogP contribution in [0.1, 0.15) is 89.2 Å². The van der Waals surface area contributed by atoms with Gasteiger partial charge in [0.1, 0.15) is 13.1 Å². The number of hydrogen-bond acceptors (Lipinski definition) is 12. The number of carbonyl (C=O) groups excluding carboxylic acids is 4. The van der Waals surface area contributed by atoms with Crippen molar-refractivity contribution in [1.29, 1.82) is 0 Å². The molecule has 5 aliphatic rings. The van der Waals surface area contributed by atoms with Crippen LogP contribution in [0.2, 0.25) is 0 Å². The molecule has 14 nitrogen and oxygen atoms in total. The number of carbonyl (C=O) groups is 4. The molecule has 1 saturated carbocycles. The molecule has 4 heterocycles. The number of benzene rings is 2. The van der Waals surface area contributed by atoms with Gasteiger partial charge in [0.25, 0.3) is 0 Å². The van der Waals surface area contributed by atoms with Crippen molar-refractivity contribution in [3.63, 3.8) is 0 Å². The van der Waals surface area contributed by atoms with Crippen LogP contribution < -0.4 is 38.6 Å². The van der Waals surface area contributed by atoms with Crippen LogP contribution >= 0.6 is 0 Å². The molecule has 4 saturated heterocycles. The minimum atomic E-state index is -1.52. The third-order valence-electron chi connectivity index (χ3n) is 15.6. The number of rotatable bonds is 14. The van der Waals surface area contributed by atoms with Gasteiger partial charge in [0.15, 0.2) is 23.0 Å². The molecule has 0 N–H and O–H groups in total. The highest BCUT2D eigenvalue weighted by atomic mass is 16.6. The highest BCUT2D eigenvalue weighted by Crippen LogP contribution is 2.70. The van der Waals surface area contributed by atoms with Gasteiger partial charge < -0.3 is 57.2 Å². The van der Waals surface area contributed by atoms with E-state index in [1.165, 1.54) is 42.3 Å². The molecule has 5 fully saturated rings. The molecule has 0 aromatic heterocycles. The molecule has 58 heavy (non-hydrogen) atoms. The molecule has 7 rings (SSSR count). The van der Waals surface area contributed by atoms with E-state index in [0.717, 1.165) is 36.8 Å². The van der Waals surface area contributed by atoms with Crippen molar-refractivity contribution in [3.05, 3.63) is 35.4 Å². The van der Waals surface area contributed by atoms with E-state index in [4.69, 9.17) is 28.4 Å². The fraction of sp³-hybridized carbons (Fsp3) is 0.636. The molecule has 4 bridgehead atoms. The first kappa shape index (κ1) is 41.6. The van der Waals surface area contributed by atoms with Crippen LogP contribution in [0.4, 0.5) is 0 Å². The van der Waals surface area contributed by atoms with Crippen molar-refractivity contribution in [2.24, 2.45) is 22.7 Å². The van der Waals surface area contributed by atoms with E-state index in [-0.39, 0.29) is 60.3 Å². The second kappa shape index (κ2) is 15.2. The van der Waals surface area contributed by atoms with E-state index in [1.807, 2.05) is 24.3 Å². The summed E-state index contributed by atoms with van der Waals surface area (Å²) in [5, 5.41) is 27.5. The van der Waals surface area contributed by atoms with E-state index in [1.54, 1.807) is 0 Å². The summed E-state index contributed by atoms with van der Waals surface area (Å²) >= 11 is 0. The number of aliphatic carboxylic acids is 2. The number of methoxy groups -OCH3 is 4. The average Bonchev–Trinajstić information content (AvgIpc) is 3.38. The van der Waals surface area contributed by atoms with Crippen molar-refractivity contribution >= 4 is 23.9 Å². The number of ether oxygens (including phenoxy) is 6. The lowest BCUT2D eigenvalue weighted by molar-refractivity contribution is -0.963. The quantitative estimate of drug-likeness (QED) is 0.155. The SMILES string of the molecule is COc1cc(C[N+]2(C)C3CCC2CC([C@@]2(C(=O)[O-])CC[C@@]2(C(=O)[O-])C2CC4CCC(C2)[N+]4(C)Cc2cc(OC)c(OC(C)=O)c(OC)c2)C3)cc(OC)c1OC(C)=O. The normalized spacial score (nSPS) is 34.7. The monoisotopic (exact) mass is 806 g/mol. The standard InChI is InChI=1S/C44H58N2O12/c1-25(47)57-39-35(53-5)15-27(16-36(39)54-6)23-45(3)31-9-10-32(45)20-29(19-31)43(41(49)50)13-14-44(43,42(51)52)30-21-33-11-12-34(22-30)46(33,4)24-28-17-37(55-7)40(58-26(2)48)38(18-28)56-8/h15-18,29-34H,9-14,19-24H2,1-8H3/t29?,30?,31?,32?,33?,34?,43-,44+,45?,46?. The minimum Gasteiger partial charge on any atom is -0.550 e. The van der Waals surface area contributed by atoms with Crippen LogP contribution in [0.5, 0.6) is 34.5 Å². The van der Waals surface area contributed by atoms with Gasteiger partial charge in [-0.2, -0.15) is 0 Å². The maximum Gasteiger partial charge on any atom is 0.308 e. The molecule has 0 spiro atoms. The Morgan fingerprint density at radius 3 is 1.05 bits per heavy atom. The number of carboxylic acid groups (broad SMARTS) is 2. The Hall–Kier alpha value is -4.56. The average molecular weight is 807 g/mol. The summed E-state index contributed by atoms with van der Waals surface area (Å²) in [7, 11) is 10.5. The van der Waals surface area contributed by atoms with Gasteiger partial charge in [-0.3, -0.25) is 9.59 Å². The lowest BCUT2D eigenvalue weighted by Gasteiger charge is -2.69. The third kappa shape index (κ3) is 6.36. The largest absolute Gasteiger partial charge is 0.550 e. The summed E-state index contributed by atoms with van der Waals surface area (Å²) in [5.74, 6) is -2.23. The predicted octanol–water partition coefficient (Wildman–Crippen LogP) is 3.31. The smallest absolute Gasteiger partial charge is 0.308 e. The Balaban J connectivity index is 1.14. The molecule has 4 aliphatic heterocycles. The third-order valence-corrected chi connectivity index (χ3v) is 15.6. The van der Waals surface area contributed by atoms with Gasteiger partial charge >= 0.3 is 11.9 Å². The summed E-state index contributed by atoms with van der Waals surface area (Å²) < 4.78 is 34.6. The van der Waals surface area contributed by atoms with Crippen LogP contribution in [0.25, 0.3) is 0 Å². The summed E-state index contributed by atoms with van der Waals surface area (Å²) in [6.07, 6.45) is 6.47. The molecule has 14 heteroatoms. The summed E-state index contributed by atoms with van der Waals surface area (Å²) in [4.78, 5) is 51.1. The lowest BCUT2D eigenvalue weighted by atomic mass is 9.38. The molecule has 6 atom stereocenters. The summed E-state index contributed by atoms with van der Waals surface area (Å²) in [6, 6.07) is 7.87. The van der Waals surface area contributed by atoms with Gasteiger partial charge in [0.05, 0.1) is 66.7 Å². The fourth-order valence-corrected chi connectivity index (χ4v) is 12.8. The van der Waals surface area contributed by atoms with E-state index in [0.29, 0.717) is 70.7 Å². The van der Waals surface area contributed by atoms with Gasteiger partial charge in [-0.25, -0.2) is 0 Å². The molecular weight excluding hydrogens is 748 g/mol. The van der Waals surface area contributed by atoms with Crippen LogP contribution in [0.3, 0.4) is 0 Å². The molecule has 1 aliphatic carbocycles. The fourth-order valence-electron chi connectivity index (χ4n) is 12.8. The van der Waals surface area contributed by atoms with Gasteiger partial charge in [0, 0.05) is 99.1 Å². The molecule has 2 aromatic carbocycles. The minimum absolute atomic E-state index is 0.105. The van der Waals surface area contributed by atoms with Crippen molar-refractivity contribution in [2.75, 3.05) is 42.5 Å². The zero-order chi connectivity index (χ0) is 41.9. The maximum atomic E-state index is 13.7. The Morgan fingerprint density at radius 1 is 0.569 bits per heavy atom. The van der Waals surface area contributed by atoms with Crippen LogP contribution in [0, 0.1) is 22.7 Å². The van der Waals surface area contributed by atoms with Crippen molar-refractivity contribution < 1.29 is 66.8 Å². The number of esters is 2. The summed E-state index contributed by atoms with van der Waals surface area (Å²) in [6.45, 7) is 3.87. The first-order chi connectivity index (χ1) is 27.5. The van der Waals surface area contributed by atoms with Crippen molar-refractivity contribution in [3.8, 4) is 34.5 Å². The Kier molecular flexibility index (Phi) is 10.9. The van der Waals surface area contributed by atoms with Crippen molar-refractivity contribution in [1.82, 2.24) is 0 Å². The van der Waals surface area contributed by atoms with Gasteiger partial charge in [-0.1, -0.05) is 0 Å². The molecular formula is C44H58N2O12. The molecule has 0 radical (unpaired) electrons. The second-order valence-electron chi connectivity index (χ2n) is 18.0. The zero-order valence-electron chi connectivity index (χ0n) is 35.1. The van der Waals surface area contributed by atoms with E-state index >= 15 is 0 Å². The van der Waals surface area contributed by atoms with Gasteiger partial charge in [-0.05, 0) is 48.9 Å². The number of quaternary nitrogens is 2. The molecule has 0 amide bonds. The second-order valence-corrected chi connectivity index (χ2v) is 18.0. The first-order valence-corrected chi connectivity index (χ1v) is 20.5. The van der Waals surface area contributed by atoms with Gasteiger partial charge in [-0.15, -0.1) is 0 Å². The van der Waals surface area contributed by atoms with E-state index in [2.05, 4.69) is 14.1 Å². The number of piperidine rings is 2. The predicted molar refractivity (Wildman–Crippen MR) is 205 cm³/mol. The number of hydrogen-bond donors (Lipinski definition) is 0. The van der Waals surface area contributed by atoms with Crippen LogP contribution in [0.15, 0.2) is 24.3 Å².